The summed E-state index contributed by atoms with van der Waals surface area (Å²) in [5, 5.41) is 3.35. The fourth-order valence-electron chi connectivity index (χ4n) is 4.00. The van der Waals surface area contributed by atoms with Gasteiger partial charge in [-0.25, -0.2) is 4.79 Å². The Morgan fingerprint density at radius 3 is 2.56 bits per heavy atom. The van der Waals surface area contributed by atoms with E-state index in [0.29, 0.717) is 17.6 Å². The summed E-state index contributed by atoms with van der Waals surface area (Å²) < 4.78 is 6.40. The van der Waals surface area contributed by atoms with Crippen LogP contribution in [0.2, 0.25) is 0 Å². The van der Waals surface area contributed by atoms with Crippen LogP contribution in [-0.2, 0) is 14.3 Å². The van der Waals surface area contributed by atoms with Crippen LogP contribution in [0.1, 0.15) is 58.9 Å². The lowest BCUT2D eigenvalue weighted by molar-refractivity contribution is -0.143. The van der Waals surface area contributed by atoms with E-state index in [1.54, 1.807) is 0 Å². The molecule has 1 heterocycles. The summed E-state index contributed by atoms with van der Waals surface area (Å²) in [6.45, 7) is 9.75. The minimum atomic E-state index is -0.424. The van der Waals surface area contributed by atoms with Crippen LogP contribution in [0.5, 0.6) is 0 Å². The molecule has 3 rings (SSSR count). The number of esters is 1. The number of allylic oxidation sites excluding steroid dienone is 3. The second-order valence-electron chi connectivity index (χ2n) is 8.41. The third-order valence-electron chi connectivity index (χ3n) is 5.02. The Balaban J connectivity index is 2.19. The largest absolute Gasteiger partial charge is 0.460 e. The monoisotopic (exact) mass is 431 g/mol. The summed E-state index contributed by atoms with van der Waals surface area (Å²) >= 11 is 3.61. The van der Waals surface area contributed by atoms with Crippen molar-refractivity contribution in [2.45, 2.75) is 59.5 Å². The molecular weight excluding hydrogens is 406 g/mol. The van der Waals surface area contributed by atoms with Crippen LogP contribution in [0.15, 0.2) is 51.3 Å². The molecule has 0 saturated heterocycles. The fraction of sp³-hybridized carbons (Fsp3) is 0.455. The number of ether oxygens (including phenoxy) is 1. The van der Waals surface area contributed by atoms with Crippen molar-refractivity contribution < 1.29 is 14.3 Å². The van der Waals surface area contributed by atoms with Gasteiger partial charge in [-0.2, -0.15) is 0 Å². The molecule has 0 amide bonds. The number of Topliss-reactive ketones (excluding diaryl/α,β-unsaturated/α-hetero) is 1. The Kier molecular flexibility index (Phi) is 5.35. The van der Waals surface area contributed by atoms with Crippen LogP contribution < -0.4 is 5.32 Å². The number of hydrogen-bond donors (Lipinski definition) is 1. The predicted molar refractivity (Wildman–Crippen MR) is 109 cm³/mol. The van der Waals surface area contributed by atoms with E-state index in [0.717, 1.165) is 27.9 Å². The maximum Gasteiger partial charge on any atom is 0.337 e. The van der Waals surface area contributed by atoms with E-state index in [2.05, 4.69) is 35.1 Å². The number of benzene rings is 1. The Hall–Kier alpha value is -1.88. The van der Waals surface area contributed by atoms with Gasteiger partial charge < -0.3 is 10.1 Å². The van der Waals surface area contributed by atoms with Crippen LogP contribution in [0.3, 0.4) is 0 Å². The molecule has 0 aromatic heterocycles. The van der Waals surface area contributed by atoms with Crippen molar-refractivity contribution in [2.24, 2.45) is 5.41 Å². The van der Waals surface area contributed by atoms with Crippen molar-refractivity contribution >= 4 is 27.7 Å². The first-order valence-electron chi connectivity index (χ1n) is 9.30. The molecule has 1 aromatic rings. The molecule has 2 aliphatic rings. The average Bonchev–Trinajstić information content (AvgIpc) is 2.51. The van der Waals surface area contributed by atoms with E-state index in [1.165, 1.54) is 0 Å². The third kappa shape index (κ3) is 3.88. The number of rotatable bonds is 3. The molecule has 5 heteroatoms. The summed E-state index contributed by atoms with van der Waals surface area (Å²) in [7, 11) is 0. The molecule has 4 nitrogen and oxygen atoms in total. The van der Waals surface area contributed by atoms with Crippen LogP contribution in [-0.4, -0.2) is 17.9 Å². The van der Waals surface area contributed by atoms with E-state index in [9.17, 15) is 9.59 Å². The Bertz CT molecular complexity index is 864. The molecule has 0 spiro atoms. The zero-order valence-electron chi connectivity index (χ0n) is 16.5. The van der Waals surface area contributed by atoms with E-state index in [1.807, 2.05) is 45.0 Å². The lowest BCUT2D eigenvalue weighted by atomic mass is 9.68. The van der Waals surface area contributed by atoms with Crippen molar-refractivity contribution in [2.75, 3.05) is 0 Å². The van der Waals surface area contributed by atoms with E-state index in [-0.39, 0.29) is 23.3 Å². The van der Waals surface area contributed by atoms with Gasteiger partial charge in [-0.1, -0.05) is 48.0 Å². The quantitative estimate of drug-likeness (QED) is 0.683. The van der Waals surface area contributed by atoms with Gasteiger partial charge >= 0.3 is 5.97 Å². The second-order valence-corrected chi connectivity index (χ2v) is 9.26. The Labute approximate surface area is 169 Å². The molecule has 0 fully saturated rings. The van der Waals surface area contributed by atoms with Crippen LogP contribution >= 0.6 is 15.9 Å². The van der Waals surface area contributed by atoms with Crippen molar-refractivity contribution in [1.29, 1.82) is 0 Å². The summed E-state index contributed by atoms with van der Waals surface area (Å²) in [5.74, 6) is -0.705. The predicted octanol–water partition coefficient (Wildman–Crippen LogP) is 5.00. The van der Waals surface area contributed by atoms with Gasteiger partial charge in [0.05, 0.1) is 11.7 Å². The molecule has 0 radical (unpaired) electrons. The van der Waals surface area contributed by atoms with Crippen LogP contribution in [0, 0.1) is 5.41 Å². The van der Waals surface area contributed by atoms with Crippen molar-refractivity contribution in [3.8, 4) is 0 Å². The second kappa shape index (κ2) is 7.27. The first-order valence-corrected chi connectivity index (χ1v) is 10.1. The number of hydrogen-bond acceptors (Lipinski definition) is 4. The summed E-state index contributed by atoms with van der Waals surface area (Å²) in [6.07, 6.45) is 1.02. The molecule has 1 atom stereocenters. The van der Waals surface area contributed by atoms with Crippen molar-refractivity contribution in [3.05, 3.63) is 56.8 Å². The molecule has 144 valence electrons. The molecule has 1 N–H and O–H groups in total. The maximum atomic E-state index is 13.1. The minimum absolute atomic E-state index is 0.0943. The number of carbonyl (C=O) groups excluding carboxylic acids is 2. The van der Waals surface area contributed by atoms with Gasteiger partial charge in [0.2, 0.25) is 0 Å². The highest BCUT2D eigenvalue weighted by Crippen LogP contribution is 2.48. The van der Waals surface area contributed by atoms with Gasteiger partial charge in [0.25, 0.3) is 0 Å². The molecule has 1 aromatic carbocycles. The van der Waals surface area contributed by atoms with Crippen LogP contribution in [0.25, 0.3) is 0 Å². The average molecular weight is 432 g/mol. The zero-order chi connectivity index (χ0) is 19.9. The molecule has 27 heavy (non-hydrogen) atoms. The highest BCUT2D eigenvalue weighted by atomic mass is 79.9. The van der Waals surface area contributed by atoms with E-state index in [4.69, 9.17) is 4.74 Å². The summed E-state index contributed by atoms with van der Waals surface area (Å²) in [4.78, 5) is 26.1. The molecule has 1 unspecified atom stereocenters. The number of nitrogens with one attached hydrogen (secondary N) is 1. The normalized spacial score (nSPS) is 21.9. The number of carbonyl (C=O) groups is 2. The van der Waals surface area contributed by atoms with Gasteiger partial charge in [-0.3, -0.25) is 4.79 Å². The molecule has 1 aliphatic carbocycles. The lowest BCUT2D eigenvalue weighted by Crippen LogP contribution is -2.39. The van der Waals surface area contributed by atoms with Gasteiger partial charge in [0.15, 0.2) is 5.78 Å². The molecule has 1 aliphatic heterocycles. The summed E-state index contributed by atoms with van der Waals surface area (Å²) in [5.41, 5.74) is 3.71. The van der Waals surface area contributed by atoms with Gasteiger partial charge in [0.1, 0.15) is 0 Å². The Morgan fingerprint density at radius 1 is 1.26 bits per heavy atom. The van der Waals surface area contributed by atoms with Crippen molar-refractivity contribution in [3.63, 3.8) is 0 Å². The number of dihydropyridines is 1. The summed E-state index contributed by atoms with van der Waals surface area (Å²) in [6, 6.07) is 7.77. The Morgan fingerprint density at radius 2 is 1.93 bits per heavy atom. The SMILES string of the molecule is CC1=C(C(=O)OC(C)C)C(c2ccccc2Br)C2=C(CC(C)(C)CC2=O)N1. The first-order chi connectivity index (χ1) is 12.6. The van der Waals surface area contributed by atoms with Gasteiger partial charge in [0, 0.05) is 33.8 Å². The highest BCUT2D eigenvalue weighted by Gasteiger charge is 2.43. The number of halogens is 1. The standard InChI is InChI=1S/C22H26BrNO3/c1-12(2)27-21(26)18-13(3)24-16-10-22(4,5)11-17(25)20(16)19(18)14-8-6-7-9-15(14)23/h6-9,12,19,24H,10-11H2,1-5H3. The topological polar surface area (TPSA) is 55.4 Å². The molecular formula is C22H26BrNO3. The minimum Gasteiger partial charge on any atom is -0.460 e. The maximum absolute atomic E-state index is 13.1. The van der Waals surface area contributed by atoms with Crippen LogP contribution in [0.4, 0.5) is 0 Å². The highest BCUT2D eigenvalue weighted by molar-refractivity contribution is 9.10. The zero-order valence-corrected chi connectivity index (χ0v) is 18.1. The number of ketones is 1. The van der Waals surface area contributed by atoms with Gasteiger partial charge in [-0.15, -0.1) is 0 Å². The molecule has 0 bridgehead atoms. The van der Waals surface area contributed by atoms with Crippen molar-refractivity contribution in [1.82, 2.24) is 5.32 Å². The van der Waals surface area contributed by atoms with Gasteiger partial charge in [-0.05, 0) is 44.2 Å². The third-order valence-corrected chi connectivity index (χ3v) is 5.74. The lowest BCUT2D eigenvalue weighted by Gasteiger charge is -2.39. The fourth-order valence-corrected chi connectivity index (χ4v) is 4.52. The molecule has 0 saturated carbocycles. The van der Waals surface area contributed by atoms with E-state index >= 15 is 0 Å². The first kappa shape index (κ1) is 19.9. The van der Waals surface area contributed by atoms with E-state index < -0.39 is 5.92 Å². The smallest absolute Gasteiger partial charge is 0.337 e.